The zero-order valence-electron chi connectivity index (χ0n) is 11.9. The van der Waals surface area contributed by atoms with E-state index in [4.69, 9.17) is 26.2 Å². The molecule has 1 aromatic rings. The highest BCUT2D eigenvalue weighted by Crippen LogP contribution is 2.25. The summed E-state index contributed by atoms with van der Waals surface area (Å²) in [6.07, 6.45) is 2.82. The van der Waals surface area contributed by atoms with Crippen molar-refractivity contribution >= 4 is 23.5 Å². The lowest BCUT2D eigenvalue weighted by Crippen LogP contribution is -2.04. The molecule has 0 radical (unpaired) electrons. The van der Waals surface area contributed by atoms with Crippen LogP contribution in [-0.2, 0) is 9.53 Å². The van der Waals surface area contributed by atoms with Crippen LogP contribution in [0, 0.1) is 0 Å². The molecule has 1 N–H and O–H groups in total. The zero-order chi connectivity index (χ0) is 15.7. The fourth-order valence-electron chi connectivity index (χ4n) is 1.71. The Morgan fingerprint density at radius 2 is 2.00 bits per heavy atom. The van der Waals surface area contributed by atoms with E-state index in [0.717, 1.165) is 19.3 Å². The number of carboxylic acid groups (broad SMARTS) is 1. The Morgan fingerprint density at radius 1 is 1.24 bits per heavy atom. The van der Waals surface area contributed by atoms with Gasteiger partial charge in [0.25, 0.3) is 0 Å². The van der Waals surface area contributed by atoms with Crippen molar-refractivity contribution in [2.75, 3.05) is 13.2 Å². The van der Waals surface area contributed by atoms with Gasteiger partial charge in [0.15, 0.2) is 0 Å². The summed E-state index contributed by atoms with van der Waals surface area (Å²) in [5.41, 5.74) is 0.127. The number of benzene rings is 1. The normalized spacial score (nSPS) is 10.2. The van der Waals surface area contributed by atoms with Crippen molar-refractivity contribution in [3.05, 3.63) is 28.8 Å². The molecule has 0 aliphatic rings. The van der Waals surface area contributed by atoms with E-state index in [9.17, 15) is 9.59 Å². The Hall–Kier alpha value is -1.75. The summed E-state index contributed by atoms with van der Waals surface area (Å²) in [5.74, 6) is -0.736. The standard InChI is InChI=1S/C15H19ClO5/c1-2-20-14(17)6-4-3-5-9-21-13-8-7-11(15(18)19)10-12(13)16/h7-8,10H,2-6,9H2,1H3,(H,18,19). The van der Waals surface area contributed by atoms with Crippen molar-refractivity contribution < 1.29 is 24.2 Å². The highest BCUT2D eigenvalue weighted by Gasteiger charge is 2.08. The highest BCUT2D eigenvalue weighted by molar-refractivity contribution is 6.32. The van der Waals surface area contributed by atoms with Crippen LogP contribution in [0.25, 0.3) is 0 Å². The zero-order valence-corrected chi connectivity index (χ0v) is 12.7. The Kier molecular flexibility index (Phi) is 7.61. The lowest BCUT2D eigenvalue weighted by Gasteiger charge is -2.08. The molecule has 1 aromatic carbocycles. The molecule has 21 heavy (non-hydrogen) atoms. The Labute approximate surface area is 128 Å². The first-order chi connectivity index (χ1) is 10.0. The Balaban J connectivity index is 2.24. The van der Waals surface area contributed by atoms with E-state index in [-0.39, 0.29) is 16.6 Å². The third-order valence-corrected chi connectivity index (χ3v) is 3.06. The molecule has 6 heteroatoms. The third kappa shape index (κ3) is 6.49. The number of unbranched alkanes of at least 4 members (excludes halogenated alkanes) is 2. The molecular formula is C15H19ClO5. The lowest BCUT2D eigenvalue weighted by atomic mass is 10.2. The van der Waals surface area contributed by atoms with Crippen molar-refractivity contribution in [3.8, 4) is 5.75 Å². The van der Waals surface area contributed by atoms with Gasteiger partial charge in [0.1, 0.15) is 5.75 Å². The topological polar surface area (TPSA) is 72.8 Å². The SMILES string of the molecule is CCOC(=O)CCCCCOc1ccc(C(=O)O)cc1Cl. The molecule has 0 bridgehead atoms. The minimum absolute atomic E-state index is 0.127. The van der Waals surface area contributed by atoms with Crippen molar-refractivity contribution in [1.82, 2.24) is 0 Å². The summed E-state index contributed by atoms with van der Waals surface area (Å²) >= 11 is 5.94. The van der Waals surface area contributed by atoms with Crippen LogP contribution in [0.1, 0.15) is 43.0 Å². The maximum absolute atomic E-state index is 11.1. The average molecular weight is 315 g/mol. The number of carboxylic acids is 1. The first kappa shape index (κ1) is 17.3. The monoisotopic (exact) mass is 314 g/mol. The molecule has 0 spiro atoms. The number of aromatic carboxylic acids is 1. The van der Waals surface area contributed by atoms with Gasteiger partial charge in [-0.15, -0.1) is 0 Å². The summed E-state index contributed by atoms with van der Waals surface area (Å²) in [4.78, 5) is 21.9. The van der Waals surface area contributed by atoms with E-state index in [2.05, 4.69) is 0 Å². The second-order valence-electron chi connectivity index (χ2n) is 4.41. The number of carbonyl (C=O) groups excluding carboxylic acids is 1. The number of hydrogen-bond acceptors (Lipinski definition) is 4. The summed E-state index contributed by atoms with van der Waals surface area (Å²) in [5, 5.41) is 9.10. The molecule has 0 aliphatic carbocycles. The molecule has 1 rings (SSSR count). The van der Waals surface area contributed by atoms with E-state index in [0.29, 0.717) is 25.4 Å². The molecule has 0 aliphatic heterocycles. The van der Waals surface area contributed by atoms with Crippen molar-refractivity contribution in [2.24, 2.45) is 0 Å². The van der Waals surface area contributed by atoms with Crippen LogP contribution in [0.2, 0.25) is 5.02 Å². The Morgan fingerprint density at radius 3 is 2.62 bits per heavy atom. The van der Waals surface area contributed by atoms with Gasteiger partial charge in [-0.3, -0.25) is 4.79 Å². The molecule has 0 heterocycles. The highest BCUT2D eigenvalue weighted by atomic mass is 35.5. The van der Waals surface area contributed by atoms with E-state index < -0.39 is 5.97 Å². The van der Waals surface area contributed by atoms with E-state index >= 15 is 0 Å². The maximum atomic E-state index is 11.1. The van der Waals surface area contributed by atoms with Gasteiger partial charge in [-0.05, 0) is 44.4 Å². The molecule has 5 nitrogen and oxygen atoms in total. The molecule has 0 aromatic heterocycles. The van der Waals surface area contributed by atoms with E-state index in [1.54, 1.807) is 13.0 Å². The largest absolute Gasteiger partial charge is 0.492 e. The van der Waals surface area contributed by atoms with Gasteiger partial charge in [-0.25, -0.2) is 4.79 Å². The van der Waals surface area contributed by atoms with Crippen LogP contribution in [0.4, 0.5) is 0 Å². The number of esters is 1. The fraction of sp³-hybridized carbons (Fsp3) is 0.467. The summed E-state index contributed by atoms with van der Waals surface area (Å²) in [6.45, 7) is 2.66. The summed E-state index contributed by atoms with van der Waals surface area (Å²) < 4.78 is 10.3. The summed E-state index contributed by atoms with van der Waals surface area (Å²) in [7, 11) is 0. The molecule has 0 saturated carbocycles. The summed E-state index contributed by atoms with van der Waals surface area (Å²) in [6, 6.07) is 4.36. The lowest BCUT2D eigenvalue weighted by molar-refractivity contribution is -0.143. The molecule has 0 atom stereocenters. The number of hydrogen-bond donors (Lipinski definition) is 1. The number of halogens is 1. The van der Waals surface area contributed by atoms with Crippen molar-refractivity contribution in [2.45, 2.75) is 32.6 Å². The smallest absolute Gasteiger partial charge is 0.335 e. The van der Waals surface area contributed by atoms with Gasteiger partial charge in [0, 0.05) is 6.42 Å². The number of carbonyl (C=O) groups is 2. The van der Waals surface area contributed by atoms with Crippen LogP contribution in [-0.4, -0.2) is 30.3 Å². The van der Waals surface area contributed by atoms with Gasteiger partial charge in [-0.1, -0.05) is 11.6 Å². The van der Waals surface area contributed by atoms with E-state index in [1.807, 2.05) is 0 Å². The van der Waals surface area contributed by atoms with Crippen LogP contribution in [0.15, 0.2) is 18.2 Å². The van der Waals surface area contributed by atoms with Crippen molar-refractivity contribution in [3.63, 3.8) is 0 Å². The average Bonchev–Trinajstić information content (AvgIpc) is 2.44. The van der Waals surface area contributed by atoms with Crippen LogP contribution >= 0.6 is 11.6 Å². The minimum Gasteiger partial charge on any atom is -0.492 e. The van der Waals surface area contributed by atoms with Gasteiger partial charge in [0.05, 0.1) is 23.8 Å². The number of rotatable bonds is 9. The van der Waals surface area contributed by atoms with Gasteiger partial charge in [0.2, 0.25) is 0 Å². The van der Waals surface area contributed by atoms with Crippen LogP contribution in [0.3, 0.4) is 0 Å². The van der Waals surface area contributed by atoms with Crippen LogP contribution in [0.5, 0.6) is 5.75 Å². The second-order valence-corrected chi connectivity index (χ2v) is 4.82. The van der Waals surface area contributed by atoms with Gasteiger partial charge in [-0.2, -0.15) is 0 Å². The molecule has 116 valence electrons. The minimum atomic E-state index is -1.03. The predicted molar refractivity (Wildman–Crippen MR) is 79.0 cm³/mol. The molecule has 0 fully saturated rings. The maximum Gasteiger partial charge on any atom is 0.335 e. The molecular weight excluding hydrogens is 296 g/mol. The predicted octanol–water partition coefficient (Wildman–Crippen LogP) is 3.54. The second kappa shape index (κ2) is 9.23. The van der Waals surface area contributed by atoms with Gasteiger partial charge >= 0.3 is 11.9 Å². The Bertz CT molecular complexity index is 487. The van der Waals surface area contributed by atoms with Gasteiger partial charge < -0.3 is 14.6 Å². The van der Waals surface area contributed by atoms with Crippen molar-refractivity contribution in [1.29, 1.82) is 0 Å². The number of ether oxygens (including phenoxy) is 2. The van der Waals surface area contributed by atoms with Crippen LogP contribution < -0.4 is 4.74 Å². The molecule has 0 amide bonds. The fourth-order valence-corrected chi connectivity index (χ4v) is 1.95. The third-order valence-electron chi connectivity index (χ3n) is 2.77. The molecule has 0 unspecified atom stereocenters. The quantitative estimate of drug-likeness (QED) is 0.557. The molecule has 0 saturated heterocycles. The first-order valence-electron chi connectivity index (χ1n) is 6.86. The van der Waals surface area contributed by atoms with E-state index in [1.165, 1.54) is 12.1 Å². The first-order valence-corrected chi connectivity index (χ1v) is 7.23.